The molecule has 2 atom stereocenters. The number of piperidine rings is 1. The second-order valence-electron chi connectivity index (χ2n) is 7.16. The molecule has 2 unspecified atom stereocenters. The van der Waals surface area contributed by atoms with Gasteiger partial charge in [-0.3, -0.25) is 14.5 Å². The smallest absolute Gasteiger partial charge is 0.317 e. The van der Waals surface area contributed by atoms with Crippen LogP contribution in [0, 0.1) is 0 Å². The lowest BCUT2D eigenvalue weighted by Gasteiger charge is -2.38. The summed E-state index contributed by atoms with van der Waals surface area (Å²) in [6, 6.07) is 7.63. The highest BCUT2D eigenvalue weighted by Crippen LogP contribution is 2.29. The van der Waals surface area contributed by atoms with E-state index in [1.54, 1.807) is 0 Å². The van der Waals surface area contributed by atoms with Crippen molar-refractivity contribution in [2.75, 3.05) is 26.2 Å². The normalized spacial score (nSPS) is 23.7. The molecule has 1 aromatic rings. The van der Waals surface area contributed by atoms with E-state index in [4.69, 9.17) is 16.7 Å². The predicted molar refractivity (Wildman–Crippen MR) is 103 cm³/mol. The molecule has 27 heavy (non-hydrogen) atoms. The summed E-state index contributed by atoms with van der Waals surface area (Å²) in [4.78, 5) is 27.7. The summed E-state index contributed by atoms with van der Waals surface area (Å²) >= 11 is 6.27. The third-order valence-electron chi connectivity index (χ3n) is 5.52. The molecule has 0 radical (unpaired) electrons. The molecule has 2 aliphatic heterocycles. The van der Waals surface area contributed by atoms with Gasteiger partial charge in [0.1, 0.15) is 6.04 Å². The molecule has 8 heteroatoms. The molecule has 1 amide bonds. The van der Waals surface area contributed by atoms with Crippen molar-refractivity contribution in [3.8, 4) is 0 Å². The lowest BCUT2D eigenvalue weighted by Crippen LogP contribution is -2.52. The van der Waals surface area contributed by atoms with Crippen molar-refractivity contribution < 1.29 is 14.7 Å². The molecule has 0 aromatic heterocycles. The second-order valence-corrected chi connectivity index (χ2v) is 7.57. The molecule has 0 saturated carbocycles. The highest BCUT2D eigenvalue weighted by Gasteiger charge is 2.35. The summed E-state index contributed by atoms with van der Waals surface area (Å²) in [5.74, 6) is -0.709. The van der Waals surface area contributed by atoms with Gasteiger partial charge < -0.3 is 10.0 Å². The SMILES string of the molecule is CCN(CC(=O)O)C1CCN(C(=O)C2CC(c3ccccc3Cl)NN2)CC1. The Kier molecular flexibility index (Phi) is 6.70. The van der Waals surface area contributed by atoms with Crippen LogP contribution in [0.15, 0.2) is 24.3 Å². The van der Waals surface area contributed by atoms with E-state index in [1.807, 2.05) is 41.0 Å². The zero-order valence-electron chi connectivity index (χ0n) is 15.5. The fourth-order valence-electron chi connectivity index (χ4n) is 4.02. The molecule has 2 heterocycles. The van der Waals surface area contributed by atoms with Crippen molar-refractivity contribution in [1.82, 2.24) is 20.7 Å². The standard InChI is InChI=1S/C19H27ClN4O3/c1-2-23(12-18(25)26)13-7-9-24(10-8-13)19(27)17-11-16(21-22-17)14-5-3-4-6-15(14)20/h3-6,13,16-17,21-22H,2,7-12H2,1H3,(H,25,26). The lowest BCUT2D eigenvalue weighted by molar-refractivity contribution is -0.140. The van der Waals surface area contributed by atoms with Gasteiger partial charge in [-0.05, 0) is 37.4 Å². The van der Waals surface area contributed by atoms with E-state index in [1.165, 1.54) is 0 Å². The molecule has 2 saturated heterocycles. The van der Waals surface area contributed by atoms with Gasteiger partial charge in [-0.2, -0.15) is 0 Å². The van der Waals surface area contributed by atoms with E-state index in [2.05, 4.69) is 10.9 Å². The van der Waals surface area contributed by atoms with Crippen LogP contribution in [0.2, 0.25) is 5.02 Å². The molecule has 0 bridgehead atoms. The van der Waals surface area contributed by atoms with Crippen LogP contribution in [0.4, 0.5) is 0 Å². The first-order valence-electron chi connectivity index (χ1n) is 9.49. The fourth-order valence-corrected chi connectivity index (χ4v) is 4.29. The summed E-state index contributed by atoms with van der Waals surface area (Å²) in [5.41, 5.74) is 7.29. The van der Waals surface area contributed by atoms with E-state index in [0.717, 1.165) is 18.4 Å². The van der Waals surface area contributed by atoms with Crippen LogP contribution in [0.1, 0.15) is 37.8 Å². The Labute approximate surface area is 164 Å². The molecule has 0 aliphatic carbocycles. The fraction of sp³-hybridized carbons (Fsp3) is 0.579. The Morgan fingerprint density at radius 2 is 1.96 bits per heavy atom. The number of nitrogens with zero attached hydrogens (tertiary/aromatic N) is 2. The van der Waals surface area contributed by atoms with Gasteiger partial charge in [0.15, 0.2) is 0 Å². The maximum Gasteiger partial charge on any atom is 0.317 e. The monoisotopic (exact) mass is 394 g/mol. The maximum absolute atomic E-state index is 12.9. The summed E-state index contributed by atoms with van der Waals surface area (Å²) in [6.07, 6.45) is 2.27. The quantitative estimate of drug-likeness (QED) is 0.680. The van der Waals surface area contributed by atoms with Gasteiger partial charge in [-0.25, -0.2) is 10.9 Å². The number of hydrogen-bond acceptors (Lipinski definition) is 5. The Morgan fingerprint density at radius 3 is 2.59 bits per heavy atom. The minimum atomic E-state index is -0.804. The molecule has 2 aliphatic rings. The molecular weight excluding hydrogens is 368 g/mol. The summed E-state index contributed by atoms with van der Waals surface area (Å²) in [5, 5.41) is 9.73. The third-order valence-corrected chi connectivity index (χ3v) is 5.86. The molecule has 148 valence electrons. The van der Waals surface area contributed by atoms with Gasteiger partial charge in [-0.15, -0.1) is 0 Å². The van der Waals surface area contributed by atoms with E-state index < -0.39 is 5.97 Å². The van der Waals surface area contributed by atoms with Crippen LogP contribution in [0.25, 0.3) is 0 Å². The van der Waals surface area contributed by atoms with E-state index in [0.29, 0.717) is 31.1 Å². The summed E-state index contributed by atoms with van der Waals surface area (Å²) in [7, 11) is 0. The van der Waals surface area contributed by atoms with Crippen molar-refractivity contribution in [3.63, 3.8) is 0 Å². The van der Waals surface area contributed by atoms with Crippen molar-refractivity contribution in [3.05, 3.63) is 34.9 Å². The number of likely N-dealkylation sites (tertiary alicyclic amines) is 1. The average molecular weight is 395 g/mol. The van der Waals surface area contributed by atoms with Gasteiger partial charge in [0.05, 0.1) is 6.54 Å². The van der Waals surface area contributed by atoms with Crippen molar-refractivity contribution in [1.29, 1.82) is 0 Å². The van der Waals surface area contributed by atoms with Crippen molar-refractivity contribution in [2.24, 2.45) is 0 Å². The molecule has 1 aromatic carbocycles. The summed E-state index contributed by atoms with van der Waals surface area (Å²) in [6.45, 7) is 4.06. The number of carbonyl (C=O) groups excluding carboxylic acids is 1. The van der Waals surface area contributed by atoms with Gasteiger partial charge in [0.2, 0.25) is 5.91 Å². The van der Waals surface area contributed by atoms with Crippen molar-refractivity contribution in [2.45, 2.75) is 44.3 Å². The van der Waals surface area contributed by atoms with Crippen LogP contribution in [0.5, 0.6) is 0 Å². The Hall–Kier alpha value is -1.67. The molecule has 2 fully saturated rings. The van der Waals surface area contributed by atoms with Crippen LogP contribution >= 0.6 is 11.6 Å². The highest BCUT2D eigenvalue weighted by molar-refractivity contribution is 6.31. The second kappa shape index (κ2) is 9.01. The number of amides is 1. The molecular formula is C19H27ClN4O3. The predicted octanol–water partition coefficient (Wildman–Crippen LogP) is 1.65. The number of halogens is 1. The first kappa shape index (κ1) is 20.1. The Balaban J connectivity index is 1.53. The highest BCUT2D eigenvalue weighted by atomic mass is 35.5. The van der Waals surface area contributed by atoms with Gasteiger partial charge in [0.25, 0.3) is 0 Å². The van der Waals surface area contributed by atoms with Gasteiger partial charge in [0, 0.05) is 30.2 Å². The van der Waals surface area contributed by atoms with E-state index in [-0.39, 0.29) is 30.6 Å². The number of rotatable bonds is 6. The van der Waals surface area contributed by atoms with E-state index in [9.17, 15) is 9.59 Å². The lowest BCUT2D eigenvalue weighted by atomic mass is 9.99. The van der Waals surface area contributed by atoms with E-state index >= 15 is 0 Å². The number of nitrogens with one attached hydrogen (secondary N) is 2. The molecule has 3 N–H and O–H groups in total. The molecule has 3 rings (SSSR count). The largest absolute Gasteiger partial charge is 0.480 e. The Morgan fingerprint density at radius 1 is 1.26 bits per heavy atom. The number of carboxylic acids is 1. The molecule has 7 nitrogen and oxygen atoms in total. The molecule has 0 spiro atoms. The van der Waals surface area contributed by atoms with Gasteiger partial charge in [-0.1, -0.05) is 36.7 Å². The third kappa shape index (κ3) is 4.79. The van der Waals surface area contributed by atoms with Crippen molar-refractivity contribution >= 4 is 23.5 Å². The minimum Gasteiger partial charge on any atom is -0.480 e. The topological polar surface area (TPSA) is 84.9 Å². The average Bonchev–Trinajstić information content (AvgIpc) is 3.16. The zero-order valence-corrected chi connectivity index (χ0v) is 16.3. The number of hydrazine groups is 1. The number of carboxylic acid groups (broad SMARTS) is 1. The Bertz CT molecular complexity index is 679. The maximum atomic E-state index is 12.9. The van der Waals surface area contributed by atoms with Crippen LogP contribution in [-0.2, 0) is 9.59 Å². The number of aliphatic carboxylic acids is 1. The van der Waals surface area contributed by atoms with Gasteiger partial charge >= 0.3 is 5.97 Å². The van der Waals surface area contributed by atoms with Crippen LogP contribution in [0.3, 0.4) is 0 Å². The number of likely N-dealkylation sites (N-methyl/N-ethyl adjacent to an activating group) is 1. The van der Waals surface area contributed by atoms with Crippen LogP contribution in [-0.4, -0.2) is 65.0 Å². The first-order valence-corrected chi connectivity index (χ1v) is 9.87. The number of carbonyl (C=O) groups is 2. The zero-order chi connectivity index (χ0) is 19.4. The number of hydrogen-bond donors (Lipinski definition) is 3. The number of benzene rings is 1. The summed E-state index contributed by atoms with van der Waals surface area (Å²) < 4.78 is 0. The van der Waals surface area contributed by atoms with Crippen LogP contribution < -0.4 is 10.9 Å². The first-order chi connectivity index (χ1) is 13.0. The minimum absolute atomic E-state index is 0.0105.